The normalized spacial score (nSPS) is 36.1. The maximum atomic E-state index is 12.6. The Hall–Kier alpha value is -1.14. The predicted octanol–water partition coefficient (Wildman–Crippen LogP) is 0.951. The Labute approximate surface area is 131 Å². The van der Waals surface area contributed by atoms with Crippen LogP contribution in [0.15, 0.2) is 0 Å². The van der Waals surface area contributed by atoms with Crippen LogP contribution in [0.25, 0.3) is 0 Å². The fourth-order valence-corrected chi connectivity index (χ4v) is 4.32. The molecule has 1 aliphatic carbocycles. The van der Waals surface area contributed by atoms with Gasteiger partial charge in [0.15, 0.2) is 0 Å². The molecule has 6 heteroatoms. The number of rotatable bonds is 3. The molecule has 0 spiro atoms. The molecule has 3 aliphatic rings. The Balaban J connectivity index is 1.67. The van der Waals surface area contributed by atoms with Crippen molar-refractivity contribution in [1.82, 2.24) is 9.80 Å². The highest BCUT2D eigenvalue weighted by molar-refractivity contribution is 5.80. The molecule has 1 N–H and O–H groups in total. The van der Waals surface area contributed by atoms with E-state index in [-0.39, 0.29) is 24.6 Å². The Morgan fingerprint density at radius 2 is 2.05 bits per heavy atom. The number of carboxylic acid groups (broad SMARTS) is 1. The average Bonchev–Trinajstić information content (AvgIpc) is 2.86. The second-order valence-electron chi connectivity index (χ2n) is 6.90. The number of fused-ring (bicyclic) bond motifs is 1. The van der Waals surface area contributed by atoms with Crippen LogP contribution in [0.4, 0.5) is 0 Å². The number of ether oxygens (including phenoxy) is 1. The van der Waals surface area contributed by atoms with Gasteiger partial charge in [-0.25, -0.2) is 0 Å². The van der Waals surface area contributed by atoms with Gasteiger partial charge < -0.3 is 14.7 Å². The molecular formula is C16H26N2O4. The summed E-state index contributed by atoms with van der Waals surface area (Å²) >= 11 is 0. The van der Waals surface area contributed by atoms with E-state index in [1.54, 1.807) is 0 Å². The van der Waals surface area contributed by atoms with Crippen LogP contribution >= 0.6 is 0 Å². The Morgan fingerprint density at radius 3 is 2.77 bits per heavy atom. The van der Waals surface area contributed by atoms with Gasteiger partial charge in [-0.05, 0) is 32.1 Å². The van der Waals surface area contributed by atoms with E-state index in [4.69, 9.17) is 4.74 Å². The van der Waals surface area contributed by atoms with Gasteiger partial charge in [-0.15, -0.1) is 0 Å². The summed E-state index contributed by atoms with van der Waals surface area (Å²) in [5.41, 5.74) is 0. The van der Waals surface area contributed by atoms with E-state index in [2.05, 4.69) is 0 Å². The van der Waals surface area contributed by atoms with Crippen molar-refractivity contribution in [3.63, 3.8) is 0 Å². The van der Waals surface area contributed by atoms with Crippen molar-refractivity contribution >= 4 is 11.9 Å². The van der Waals surface area contributed by atoms with Crippen LogP contribution in [0.3, 0.4) is 0 Å². The fraction of sp³-hybridized carbons (Fsp3) is 0.875. The van der Waals surface area contributed by atoms with Crippen LogP contribution in [-0.2, 0) is 14.3 Å². The highest BCUT2D eigenvalue weighted by Gasteiger charge is 2.46. The number of carbonyl (C=O) groups is 2. The lowest BCUT2D eigenvalue weighted by atomic mass is 9.85. The Kier molecular flexibility index (Phi) is 4.68. The molecule has 0 aromatic carbocycles. The van der Waals surface area contributed by atoms with Crippen molar-refractivity contribution in [2.75, 3.05) is 26.2 Å². The van der Waals surface area contributed by atoms with Gasteiger partial charge in [0.2, 0.25) is 5.91 Å². The van der Waals surface area contributed by atoms with Crippen LogP contribution < -0.4 is 0 Å². The van der Waals surface area contributed by atoms with Crippen molar-refractivity contribution in [2.45, 2.75) is 57.2 Å². The molecule has 6 nitrogen and oxygen atoms in total. The minimum absolute atomic E-state index is 0.0487. The monoisotopic (exact) mass is 310 g/mol. The number of nitrogens with zero attached hydrogens (tertiary/aromatic N) is 2. The van der Waals surface area contributed by atoms with Crippen LogP contribution in [0, 0.1) is 5.92 Å². The molecule has 2 saturated heterocycles. The molecular weight excluding hydrogens is 284 g/mol. The second kappa shape index (κ2) is 6.54. The standard InChI is InChI=1S/C16H26N2O4/c1-11-9-17(6-7-22-11)15(19)10-18-13-5-3-2-4-12(13)8-14(18)16(20)21/h11-14H,2-10H2,1H3,(H,20,21)/t11-,12-,13-,14+/m1/s1. The highest BCUT2D eigenvalue weighted by atomic mass is 16.5. The van der Waals surface area contributed by atoms with Crippen molar-refractivity contribution < 1.29 is 19.4 Å². The molecule has 22 heavy (non-hydrogen) atoms. The van der Waals surface area contributed by atoms with E-state index in [0.29, 0.717) is 32.0 Å². The van der Waals surface area contributed by atoms with Gasteiger partial charge in [0.05, 0.1) is 19.3 Å². The minimum Gasteiger partial charge on any atom is -0.480 e. The van der Waals surface area contributed by atoms with Gasteiger partial charge in [-0.3, -0.25) is 14.5 Å². The molecule has 2 heterocycles. The van der Waals surface area contributed by atoms with Crippen LogP contribution in [0.1, 0.15) is 39.0 Å². The van der Waals surface area contributed by atoms with Crippen molar-refractivity contribution in [3.05, 3.63) is 0 Å². The number of hydrogen-bond donors (Lipinski definition) is 1. The van der Waals surface area contributed by atoms with E-state index in [9.17, 15) is 14.7 Å². The largest absolute Gasteiger partial charge is 0.480 e. The zero-order valence-electron chi connectivity index (χ0n) is 13.2. The van der Waals surface area contributed by atoms with Crippen LogP contribution in [0.2, 0.25) is 0 Å². The average molecular weight is 310 g/mol. The minimum atomic E-state index is -0.780. The predicted molar refractivity (Wildman–Crippen MR) is 80.5 cm³/mol. The number of morpholine rings is 1. The van der Waals surface area contributed by atoms with Gasteiger partial charge in [0.1, 0.15) is 6.04 Å². The zero-order chi connectivity index (χ0) is 15.7. The third-order valence-electron chi connectivity index (χ3n) is 5.42. The van der Waals surface area contributed by atoms with Crippen molar-refractivity contribution in [3.8, 4) is 0 Å². The third-order valence-corrected chi connectivity index (χ3v) is 5.42. The molecule has 2 aliphatic heterocycles. The molecule has 0 bridgehead atoms. The summed E-state index contributed by atoms with van der Waals surface area (Å²) in [6.07, 6.45) is 5.24. The molecule has 1 saturated carbocycles. The fourth-order valence-electron chi connectivity index (χ4n) is 4.32. The molecule has 0 radical (unpaired) electrons. The number of amides is 1. The molecule has 3 rings (SSSR count). The molecule has 0 aromatic rings. The maximum absolute atomic E-state index is 12.6. The first-order valence-electron chi connectivity index (χ1n) is 8.44. The molecule has 4 atom stereocenters. The first-order valence-corrected chi connectivity index (χ1v) is 8.44. The SMILES string of the molecule is C[C@@H]1CN(C(=O)CN2[C@@H]3CCCC[C@@H]3C[C@H]2C(=O)O)CCO1. The molecule has 3 fully saturated rings. The van der Waals surface area contributed by atoms with Crippen molar-refractivity contribution in [1.29, 1.82) is 0 Å². The molecule has 1 amide bonds. The van der Waals surface area contributed by atoms with Crippen LogP contribution in [0.5, 0.6) is 0 Å². The summed E-state index contributed by atoms with van der Waals surface area (Å²) in [4.78, 5) is 27.9. The van der Waals surface area contributed by atoms with Gasteiger partial charge >= 0.3 is 5.97 Å². The summed E-state index contributed by atoms with van der Waals surface area (Å²) in [5.74, 6) is -0.281. The van der Waals surface area contributed by atoms with E-state index >= 15 is 0 Å². The highest BCUT2D eigenvalue weighted by Crippen LogP contribution is 2.39. The van der Waals surface area contributed by atoms with E-state index in [1.165, 1.54) is 6.42 Å². The van der Waals surface area contributed by atoms with E-state index in [1.807, 2.05) is 16.7 Å². The van der Waals surface area contributed by atoms with Gasteiger partial charge in [0, 0.05) is 19.1 Å². The van der Waals surface area contributed by atoms with E-state index in [0.717, 1.165) is 19.3 Å². The summed E-state index contributed by atoms with van der Waals surface area (Å²) in [7, 11) is 0. The Morgan fingerprint density at radius 1 is 1.27 bits per heavy atom. The molecule has 0 aromatic heterocycles. The topological polar surface area (TPSA) is 70.1 Å². The third kappa shape index (κ3) is 3.13. The Bertz CT molecular complexity index is 442. The summed E-state index contributed by atoms with van der Waals surface area (Å²) in [6, 6.07) is -0.215. The smallest absolute Gasteiger partial charge is 0.320 e. The first kappa shape index (κ1) is 15.7. The first-order chi connectivity index (χ1) is 10.6. The lowest BCUT2D eigenvalue weighted by Gasteiger charge is -2.36. The molecule has 0 unspecified atom stereocenters. The van der Waals surface area contributed by atoms with Crippen molar-refractivity contribution in [2.24, 2.45) is 5.92 Å². The number of aliphatic carboxylic acids is 1. The number of hydrogen-bond acceptors (Lipinski definition) is 4. The van der Waals surface area contributed by atoms with Crippen LogP contribution in [-0.4, -0.2) is 71.2 Å². The number of carbonyl (C=O) groups excluding carboxylic acids is 1. The van der Waals surface area contributed by atoms with E-state index < -0.39 is 12.0 Å². The lowest BCUT2D eigenvalue weighted by molar-refractivity contribution is -0.146. The summed E-state index contributed by atoms with van der Waals surface area (Å²) in [6.45, 7) is 4.00. The lowest BCUT2D eigenvalue weighted by Crippen LogP contribution is -2.52. The summed E-state index contributed by atoms with van der Waals surface area (Å²) < 4.78 is 5.47. The quantitative estimate of drug-likeness (QED) is 0.840. The summed E-state index contributed by atoms with van der Waals surface area (Å²) in [5, 5.41) is 9.51. The zero-order valence-corrected chi connectivity index (χ0v) is 13.2. The maximum Gasteiger partial charge on any atom is 0.320 e. The number of carboxylic acids is 1. The molecule has 124 valence electrons. The van der Waals surface area contributed by atoms with Gasteiger partial charge in [-0.2, -0.15) is 0 Å². The van der Waals surface area contributed by atoms with Gasteiger partial charge in [-0.1, -0.05) is 12.8 Å². The second-order valence-corrected chi connectivity index (χ2v) is 6.90. The number of likely N-dealkylation sites (tertiary alicyclic amines) is 1. The van der Waals surface area contributed by atoms with Gasteiger partial charge in [0.25, 0.3) is 0 Å².